The number of aromatic nitrogens is 3. The number of anilines is 1. The van der Waals surface area contributed by atoms with Gasteiger partial charge in [-0.1, -0.05) is 64.8 Å². The van der Waals surface area contributed by atoms with Crippen LogP contribution in [0.4, 0.5) is 5.69 Å². The van der Waals surface area contributed by atoms with Gasteiger partial charge in [-0.25, -0.2) is 0 Å². The quantitative estimate of drug-likeness (QED) is 0.278. The van der Waals surface area contributed by atoms with Crippen LogP contribution in [0, 0.1) is 0 Å². The molecule has 3 aromatic rings. The molecule has 1 atom stereocenters. The zero-order valence-electron chi connectivity index (χ0n) is 16.5. The molecule has 1 heterocycles. The number of hydrogen-bond acceptors (Lipinski definition) is 5. The fourth-order valence-corrected chi connectivity index (χ4v) is 4.09. The van der Waals surface area contributed by atoms with Crippen molar-refractivity contribution in [3.8, 4) is 5.75 Å². The van der Waals surface area contributed by atoms with Crippen molar-refractivity contribution in [3.05, 3.63) is 76.0 Å². The molecule has 10 heteroatoms. The summed E-state index contributed by atoms with van der Waals surface area (Å²) in [6.07, 6.45) is 1.32. The number of carbonyl (C=O) groups excluding carboxylic acids is 1. The van der Waals surface area contributed by atoms with E-state index in [1.165, 1.54) is 11.8 Å². The first kappa shape index (κ1) is 23.5. The van der Waals surface area contributed by atoms with Crippen LogP contribution in [0.15, 0.2) is 60.3 Å². The fraction of sp³-hybridized carbons (Fsp3) is 0.190. The maximum atomic E-state index is 12.4. The highest BCUT2D eigenvalue weighted by molar-refractivity contribution is 7.99. The lowest BCUT2D eigenvalue weighted by molar-refractivity contribution is -0.113. The number of benzene rings is 2. The van der Waals surface area contributed by atoms with Crippen molar-refractivity contribution in [2.45, 2.75) is 24.7 Å². The lowest BCUT2D eigenvalue weighted by Gasteiger charge is -2.16. The van der Waals surface area contributed by atoms with E-state index in [1.54, 1.807) is 36.4 Å². The van der Waals surface area contributed by atoms with Gasteiger partial charge in [0.1, 0.15) is 5.75 Å². The number of halogens is 3. The van der Waals surface area contributed by atoms with E-state index in [0.29, 0.717) is 44.0 Å². The molecule has 1 N–H and O–H groups in total. The van der Waals surface area contributed by atoms with Gasteiger partial charge < -0.3 is 10.1 Å². The van der Waals surface area contributed by atoms with E-state index in [-0.39, 0.29) is 11.7 Å². The van der Waals surface area contributed by atoms with E-state index in [4.69, 9.17) is 39.5 Å². The van der Waals surface area contributed by atoms with Gasteiger partial charge in [0.25, 0.3) is 0 Å². The largest absolute Gasteiger partial charge is 0.481 e. The van der Waals surface area contributed by atoms with Gasteiger partial charge in [-0.15, -0.1) is 16.8 Å². The van der Waals surface area contributed by atoms with Gasteiger partial charge in [-0.05, 0) is 37.3 Å². The Labute approximate surface area is 199 Å². The van der Waals surface area contributed by atoms with Crippen molar-refractivity contribution >= 4 is 58.2 Å². The Morgan fingerprint density at radius 1 is 1.23 bits per heavy atom. The van der Waals surface area contributed by atoms with Crippen molar-refractivity contribution in [2.24, 2.45) is 0 Å². The maximum Gasteiger partial charge on any atom is 0.234 e. The van der Waals surface area contributed by atoms with Crippen LogP contribution in [0.2, 0.25) is 15.1 Å². The van der Waals surface area contributed by atoms with Crippen LogP contribution in [0.1, 0.15) is 18.9 Å². The highest BCUT2D eigenvalue weighted by atomic mass is 35.5. The summed E-state index contributed by atoms with van der Waals surface area (Å²) in [6.45, 7) is 6.11. The zero-order chi connectivity index (χ0) is 22.4. The molecule has 0 aliphatic rings. The monoisotopic (exact) mass is 496 g/mol. The van der Waals surface area contributed by atoms with Crippen molar-refractivity contribution in [2.75, 3.05) is 11.1 Å². The summed E-state index contributed by atoms with van der Waals surface area (Å²) in [4.78, 5) is 12.4. The average Bonchev–Trinajstić information content (AvgIpc) is 3.13. The Bertz CT molecular complexity index is 1090. The van der Waals surface area contributed by atoms with Crippen molar-refractivity contribution in [1.29, 1.82) is 0 Å². The minimum atomic E-state index is -0.414. The molecule has 0 spiro atoms. The Morgan fingerprint density at radius 2 is 2.00 bits per heavy atom. The molecule has 0 saturated carbocycles. The molecular weight excluding hydrogens is 479 g/mol. The van der Waals surface area contributed by atoms with Gasteiger partial charge >= 0.3 is 0 Å². The van der Waals surface area contributed by atoms with E-state index in [2.05, 4.69) is 22.1 Å². The van der Waals surface area contributed by atoms with Crippen LogP contribution in [0.5, 0.6) is 5.75 Å². The van der Waals surface area contributed by atoms with E-state index in [1.807, 2.05) is 23.6 Å². The van der Waals surface area contributed by atoms with Crippen LogP contribution < -0.4 is 10.1 Å². The predicted octanol–water partition coefficient (Wildman–Crippen LogP) is 6.30. The number of amides is 1. The Hall–Kier alpha value is -2.19. The number of nitrogens with one attached hydrogen (secondary N) is 1. The first-order chi connectivity index (χ1) is 14.9. The van der Waals surface area contributed by atoms with Crippen LogP contribution in [-0.4, -0.2) is 26.4 Å². The lowest BCUT2D eigenvalue weighted by atomic mass is 10.3. The maximum absolute atomic E-state index is 12.4. The van der Waals surface area contributed by atoms with E-state index >= 15 is 0 Å². The third kappa shape index (κ3) is 6.17. The standard InChI is InChI=1S/C21H19Cl3N4O2S/c1-3-10-28-20(13(2)30-18-7-5-4-6-15(18)23)26-27-21(28)31-12-19(29)25-17-9-8-14(22)11-16(17)24/h3-9,11,13H,1,10,12H2,2H3,(H,25,29). The van der Waals surface area contributed by atoms with Crippen LogP contribution >= 0.6 is 46.6 Å². The molecule has 2 aromatic carbocycles. The normalized spacial score (nSPS) is 11.7. The molecular formula is C21H19Cl3N4O2S. The number of carbonyl (C=O) groups is 1. The first-order valence-electron chi connectivity index (χ1n) is 9.22. The molecule has 31 heavy (non-hydrogen) atoms. The molecule has 1 unspecified atom stereocenters. The molecule has 1 aromatic heterocycles. The Kier molecular flexibility index (Phi) is 8.26. The summed E-state index contributed by atoms with van der Waals surface area (Å²) in [5.41, 5.74) is 0.492. The average molecular weight is 498 g/mol. The van der Waals surface area contributed by atoms with E-state index < -0.39 is 6.10 Å². The SMILES string of the molecule is C=CCn1c(SCC(=O)Nc2ccc(Cl)cc2Cl)nnc1C(C)Oc1ccccc1Cl. The highest BCUT2D eigenvalue weighted by Gasteiger charge is 2.20. The van der Waals surface area contributed by atoms with Crippen molar-refractivity contribution < 1.29 is 9.53 Å². The Balaban J connectivity index is 1.69. The summed E-state index contributed by atoms with van der Waals surface area (Å²) in [7, 11) is 0. The van der Waals surface area contributed by atoms with Crippen LogP contribution in [0.3, 0.4) is 0 Å². The van der Waals surface area contributed by atoms with Gasteiger partial charge in [-0.3, -0.25) is 9.36 Å². The highest BCUT2D eigenvalue weighted by Crippen LogP contribution is 2.30. The molecule has 0 aliphatic carbocycles. The summed E-state index contributed by atoms with van der Waals surface area (Å²) in [5.74, 6) is 1.04. The second-order valence-corrected chi connectivity index (χ2v) is 8.58. The van der Waals surface area contributed by atoms with Crippen molar-refractivity contribution in [1.82, 2.24) is 14.8 Å². The molecule has 1 amide bonds. The summed E-state index contributed by atoms with van der Waals surface area (Å²) in [5, 5.41) is 13.2. The van der Waals surface area contributed by atoms with E-state index in [9.17, 15) is 4.79 Å². The van der Waals surface area contributed by atoms with Gasteiger partial charge in [0.15, 0.2) is 17.1 Å². The molecule has 0 fully saturated rings. The summed E-state index contributed by atoms with van der Waals surface area (Å²) < 4.78 is 7.80. The summed E-state index contributed by atoms with van der Waals surface area (Å²) in [6, 6.07) is 12.1. The first-order valence-corrected chi connectivity index (χ1v) is 11.3. The van der Waals surface area contributed by atoms with Gasteiger partial charge in [0.2, 0.25) is 5.91 Å². The number of ether oxygens (including phenoxy) is 1. The minimum Gasteiger partial charge on any atom is -0.481 e. The fourth-order valence-electron chi connectivity index (χ4n) is 2.70. The smallest absolute Gasteiger partial charge is 0.234 e. The number of allylic oxidation sites excluding steroid dienone is 1. The molecule has 0 bridgehead atoms. The zero-order valence-corrected chi connectivity index (χ0v) is 19.6. The van der Waals surface area contributed by atoms with Crippen molar-refractivity contribution in [3.63, 3.8) is 0 Å². The molecule has 0 saturated heterocycles. The molecule has 0 aliphatic heterocycles. The second kappa shape index (κ2) is 10.9. The molecule has 6 nitrogen and oxygen atoms in total. The van der Waals surface area contributed by atoms with Crippen LogP contribution in [0.25, 0.3) is 0 Å². The topological polar surface area (TPSA) is 69.0 Å². The van der Waals surface area contributed by atoms with E-state index in [0.717, 1.165) is 0 Å². The molecule has 0 radical (unpaired) electrons. The number of rotatable bonds is 9. The predicted molar refractivity (Wildman–Crippen MR) is 127 cm³/mol. The van der Waals surface area contributed by atoms with Gasteiger partial charge in [0.05, 0.1) is 21.5 Å². The second-order valence-electron chi connectivity index (χ2n) is 6.39. The van der Waals surface area contributed by atoms with Crippen LogP contribution in [-0.2, 0) is 11.3 Å². The summed E-state index contributed by atoms with van der Waals surface area (Å²) >= 11 is 19.4. The third-order valence-electron chi connectivity index (χ3n) is 4.10. The van der Waals surface area contributed by atoms with Gasteiger partial charge in [-0.2, -0.15) is 0 Å². The molecule has 3 rings (SSSR count). The Morgan fingerprint density at radius 3 is 2.71 bits per heavy atom. The number of nitrogens with zero attached hydrogens (tertiary/aromatic N) is 3. The minimum absolute atomic E-state index is 0.119. The van der Waals surface area contributed by atoms with Gasteiger partial charge in [0, 0.05) is 11.6 Å². The number of hydrogen-bond donors (Lipinski definition) is 1. The lowest BCUT2D eigenvalue weighted by Crippen LogP contribution is -2.16. The third-order valence-corrected chi connectivity index (χ3v) is 5.93. The number of thioether (sulfide) groups is 1. The number of para-hydroxylation sites is 1. The molecule has 162 valence electrons.